The van der Waals surface area contributed by atoms with E-state index in [1.54, 1.807) is 11.3 Å². The van der Waals surface area contributed by atoms with Crippen LogP contribution >= 0.6 is 27.3 Å². The fraction of sp³-hybridized carbons (Fsp3) is 0.222. The number of aryl methyl sites for hydroxylation is 1. The number of carbonyl (C=O) groups excluding carboxylic acids is 1. The Labute approximate surface area is 147 Å². The minimum absolute atomic E-state index is 0.00553. The molecule has 3 aromatic rings. The van der Waals surface area contributed by atoms with E-state index in [4.69, 9.17) is 0 Å². The van der Waals surface area contributed by atoms with Gasteiger partial charge in [-0.2, -0.15) is 0 Å². The van der Waals surface area contributed by atoms with E-state index in [1.807, 2.05) is 49.4 Å². The van der Waals surface area contributed by atoms with E-state index in [0.29, 0.717) is 12.8 Å². The van der Waals surface area contributed by atoms with Gasteiger partial charge in [-0.25, -0.2) is 4.98 Å². The smallest absolute Gasteiger partial charge is 0.220 e. The number of hydrogen-bond donors (Lipinski definition) is 1. The molecule has 3 nitrogen and oxygen atoms in total. The summed E-state index contributed by atoms with van der Waals surface area (Å²) in [5, 5.41) is 4.05. The zero-order chi connectivity index (χ0) is 16.2. The first-order valence-electron chi connectivity index (χ1n) is 7.51. The Morgan fingerprint density at radius 2 is 1.96 bits per heavy atom. The third-order valence-corrected chi connectivity index (χ3v) is 5.28. The summed E-state index contributed by atoms with van der Waals surface area (Å²) in [6, 6.07) is 16.1. The van der Waals surface area contributed by atoms with Crippen LogP contribution in [0, 0.1) is 0 Å². The molecule has 0 aliphatic carbocycles. The number of thiazole rings is 1. The number of aromatic nitrogens is 1. The summed E-state index contributed by atoms with van der Waals surface area (Å²) >= 11 is 5.08. The van der Waals surface area contributed by atoms with Crippen LogP contribution in [0.2, 0.25) is 0 Å². The summed E-state index contributed by atoms with van der Waals surface area (Å²) in [7, 11) is 0. The highest BCUT2D eigenvalue weighted by molar-refractivity contribution is 9.10. The van der Waals surface area contributed by atoms with Gasteiger partial charge >= 0.3 is 0 Å². The minimum Gasteiger partial charge on any atom is -0.350 e. The van der Waals surface area contributed by atoms with Crippen LogP contribution in [0.5, 0.6) is 0 Å². The lowest BCUT2D eigenvalue weighted by atomic mass is 10.1. The van der Waals surface area contributed by atoms with Gasteiger partial charge in [-0.1, -0.05) is 40.2 Å². The van der Waals surface area contributed by atoms with Gasteiger partial charge in [0.05, 0.1) is 21.3 Å². The number of para-hydroxylation sites is 1. The second kappa shape index (κ2) is 7.23. The molecule has 3 rings (SSSR count). The van der Waals surface area contributed by atoms with Crippen LogP contribution in [0.3, 0.4) is 0 Å². The van der Waals surface area contributed by atoms with E-state index < -0.39 is 0 Å². The molecular formula is C18H17BrN2OS. The molecule has 0 unspecified atom stereocenters. The highest BCUT2D eigenvalue weighted by Crippen LogP contribution is 2.22. The lowest BCUT2D eigenvalue weighted by Crippen LogP contribution is -2.26. The number of nitrogens with zero attached hydrogens (tertiary/aromatic N) is 1. The molecule has 2 aromatic carbocycles. The van der Waals surface area contributed by atoms with Crippen molar-refractivity contribution in [3.63, 3.8) is 0 Å². The van der Waals surface area contributed by atoms with Gasteiger partial charge in [-0.15, -0.1) is 11.3 Å². The summed E-state index contributed by atoms with van der Waals surface area (Å²) in [4.78, 5) is 16.7. The van der Waals surface area contributed by atoms with Gasteiger partial charge in [0.2, 0.25) is 5.91 Å². The highest BCUT2D eigenvalue weighted by Gasteiger charge is 2.11. The van der Waals surface area contributed by atoms with Gasteiger partial charge in [0.1, 0.15) is 0 Å². The van der Waals surface area contributed by atoms with E-state index in [-0.39, 0.29) is 11.9 Å². The number of fused-ring (bicyclic) bond motifs is 1. The van der Waals surface area contributed by atoms with Crippen molar-refractivity contribution < 1.29 is 4.79 Å². The lowest BCUT2D eigenvalue weighted by Gasteiger charge is -2.14. The topological polar surface area (TPSA) is 42.0 Å². The van der Waals surface area contributed by atoms with Crippen molar-refractivity contribution in [3.05, 3.63) is 63.6 Å². The summed E-state index contributed by atoms with van der Waals surface area (Å²) in [6.45, 7) is 2.00. The Bertz CT molecular complexity index is 780. The predicted octanol–water partition coefficient (Wildman–Crippen LogP) is 4.87. The number of nitrogens with one attached hydrogen (secondary N) is 1. The molecule has 0 aliphatic rings. The standard InChI is InChI=1S/C18H17BrN2OS/c1-12(13-6-8-14(19)9-7-13)20-17(22)10-11-18-21-15-4-2-3-5-16(15)23-18/h2-9,12H,10-11H2,1H3,(H,20,22)/t12-/m1/s1. The van der Waals surface area contributed by atoms with Gasteiger partial charge in [0.25, 0.3) is 0 Å². The molecule has 0 aliphatic heterocycles. The van der Waals surface area contributed by atoms with Crippen LogP contribution < -0.4 is 5.32 Å². The first kappa shape index (κ1) is 16.1. The number of carbonyl (C=O) groups is 1. The predicted molar refractivity (Wildman–Crippen MR) is 98.6 cm³/mol. The molecule has 0 radical (unpaired) electrons. The van der Waals surface area contributed by atoms with Gasteiger partial charge in [0, 0.05) is 17.3 Å². The molecule has 0 spiro atoms. The van der Waals surface area contributed by atoms with Gasteiger partial charge in [0.15, 0.2) is 0 Å². The van der Waals surface area contributed by atoms with Crippen molar-refractivity contribution in [1.82, 2.24) is 10.3 Å². The lowest BCUT2D eigenvalue weighted by molar-refractivity contribution is -0.121. The second-order valence-corrected chi connectivity index (χ2v) is 7.45. The quantitative estimate of drug-likeness (QED) is 0.677. The maximum atomic E-state index is 12.1. The number of hydrogen-bond acceptors (Lipinski definition) is 3. The molecule has 1 N–H and O–H groups in total. The normalized spacial score (nSPS) is 12.3. The molecule has 0 fully saturated rings. The van der Waals surface area contributed by atoms with Crippen LogP contribution in [0.4, 0.5) is 0 Å². The van der Waals surface area contributed by atoms with Crippen LogP contribution in [-0.4, -0.2) is 10.9 Å². The Morgan fingerprint density at radius 3 is 2.70 bits per heavy atom. The first-order valence-corrected chi connectivity index (χ1v) is 9.12. The van der Waals surface area contributed by atoms with E-state index >= 15 is 0 Å². The molecule has 1 heterocycles. The average Bonchev–Trinajstić information content (AvgIpc) is 2.96. The average molecular weight is 389 g/mol. The minimum atomic E-state index is 0.00553. The Kier molecular flexibility index (Phi) is 5.08. The molecule has 0 bridgehead atoms. The molecule has 0 saturated heterocycles. The fourth-order valence-electron chi connectivity index (χ4n) is 2.40. The van der Waals surface area contributed by atoms with Crippen LogP contribution in [0.25, 0.3) is 10.2 Å². The zero-order valence-electron chi connectivity index (χ0n) is 12.8. The van der Waals surface area contributed by atoms with Gasteiger partial charge in [-0.05, 0) is 36.8 Å². The van der Waals surface area contributed by atoms with Crippen molar-refractivity contribution >= 4 is 43.4 Å². The molecule has 1 amide bonds. The summed E-state index contributed by atoms with van der Waals surface area (Å²) in [5.41, 5.74) is 2.11. The van der Waals surface area contributed by atoms with Crippen molar-refractivity contribution in [2.75, 3.05) is 0 Å². The largest absolute Gasteiger partial charge is 0.350 e. The second-order valence-electron chi connectivity index (χ2n) is 5.42. The van der Waals surface area contributed by atoms with Gasteiger partial charge < -0.3 is 5.32 Å². The Morgan fingerprint density at radius 1 is 1.22 bits per heavy atom. The van der Waals surface area contributed by atoms with Crippen molar-refractivity contribution in [1.29, 1.82) is 0 Å². The molecule has 118 valence electrons. The first-order chi connectivity index (χ1) is 11.1. The van der Waals surface area contributed by atoms with Crippen LogP contribution in [0.1, 0.15) is 30.0 Å². The third-order valence-electron chi connectivity index (χ3n) is 3.65. The third kappa shape index (κ3) is 4.18. The molecule has 23 heavy (non-hydrogen) atoms. The number of halogens is 1. The fourth-order valence-corrected chi connectivity index (χ4v) is 3.63. The summed E-state index contributed by atoms with van der Waals surface area (Å²) < 4.78 is 2.21. The molecule has 1 aromatic heterocycles. The van der Waals surface area contributed by atoms with E-state index in [1.165, 1.54) is 4.70 Å². The van der Waals surface area contributed by atoms with E-state index in [2.05, 4.69) is 32.3 Å². The Hall–Kier alpha value is -1.72. The molecular weight excluding hydrogens is 372 g/mol. The number of amides is 1. The zero-order valence-corrected chi connectivity index (χ0v) is 15.2. The highest BCUT2D eigenvalue weighted by atomic mass is 79.9. The van der Waals surface area contributed by atoms with E-state index in [0.717, 1.165) is 20.6 Å². The maximum absolute atomic E-state index is 12.1. The monoisotopic (exact) mass is 388 g/mol. The van der Waals surface area contributed by atoms with Crippen molar-refractivity contribution in [2.45, 2.75) is 25.8 Å². The molecule has 1 atom stereocenters. The molecule has 5 heteroatoms. The van der Waals surface area contributed by atoms with E-state index in [9.17, 15) is 4.79 Å². The van der Waals surface area contributed by atoms with Gasteiger partial charge in [-0.3, -0.25) is 4.79 Å². The number of benzene rings is 2. The van der Waals surface area contributed by atoms with Crippen molar-refractivity contribution in [3.8, 4) is 0 Å². The van der Waals surface area contributed by atoms with Crippen LogP contribution in [0.15, 0.2) is 53.0 Å². The summed E-state index contributed by atoms with van der Waals surface area (Å²) in [6.07, 6.45) is 1.14. The number of rotatable bonds is 5. The molecule has 0 saturated carbocycles. The SMILES string of the molecule is C[C@@H](NC(=O)CCc1nc2ccccc2s1)c1ccc(Br)cc1. The van der Waals surface area contributed by atoms with Crippen LogP contribution in [-0.2, 0) is 11.2 Å². The summed E-state index contributed by atoms with van der Waals surface area (Å²) in [5.74, 6) is 0.0553. The van der Waals surface area contributed by atoms with Crippen molar-refractivity contribution in [2.24, 2.45) is 0 Å². The Balaban J connectivity index is 1.55. The maximum Gasteiger partial charge on any atom is 0.220 e.